The molecule has 0 amide bonds. The molecule has 2 fully saturated rings. The Morgan fingerprint density at radius 2 is 2.10 bits per heavy atom. The van der Waals surface area contributed by atoms with Crippen molar-refractivity contribution in [2.24, 2.45) is 11.8 Å². The van der Waals surface area contributed by atoms with Gasteiger partial charge in [0.2, 0.25) is 5.13 Å². The Bertz CT molecular complexity index is 439. The van der Waals surface area contributed by atoms with Gasteiger partial charge in [-0.05, 0) is 44.1 Å². The molecule has 3 rings (SSSR count). The smallest absolute Gasteiger partial charge is 0.205 e. The zero-order valence-corrected chi connectivity index (χ0v) is 14.1. The highest BCUT2D eigenvalue weighted by Gasteiger charge is 2.34. The van der Waals surface area contributed by atoms with Crippen molar-refractivity contribution >= 4 is 16.5 Å². The number of hydrogen-bond donors (Lipinski definition) is 2. The van der Waals surface area contributed by atoms with E-state index < -0.39 is 0 Å². The predicted molar refractivity (Wildman–Crippen MR) is 88.8 cm³/mol. The number of piperidine rings is 1. The molecule has 5 heteroatoms. The lowest BCUT2D eigenvalue weighted by atomic mass is 9.88. The molecular weight excluding hydrogens is 280 g/mol. The molecule has 1 aromatic heterocycles. The van der Waals surface area contributed by atoms with Crippen molar-refractivity contribution in [2.75, 3.05) is 11.9 Å². The van der Waals surface area contributed by atoms with Gasteiger partial charge in [-0.2, -0.15) is 0 Å². The molecular formula is C16H28N4S. The third-order valence-corrected chi connectivity index (χ3v) is 5.67. The van der Waals surface area contributed by atoms with E-state index in [1.165, 1.54) is 45.1 Å². The van der Waals surface area contributed by atoms with E-state index in [0.717, 1.165) is 22.5 Å². The SMILES string of the molecule is CC(C)Cc1nnc(NC2CCCC2C2CCCCN2)s1. The van der Waals surface area contributed by atoms with Crippen LogP contribution >= 0.6 is 11.3 Å². The van der Waals surface area contributed by atoms with Crippen LogP contribution in [0.15, 0.2) is 0 Å². The molecule has 1 aromatic rings. The molecule has 118 valence electrons. The van der Waals surface area contributed by atoms with Crippen LogP contribution in [-0.2, 0) is 6.42 Å². The highest BCUT2D eigenvalue weighted by atomic mass is 32.1. The second-order valence-corrected chi connectivity index (χ2v) is 8.06. The third kappa shape index (κ3) is 3.95. The Kier molecular flexibility index (Phi) is 5.11. The number of aromatic nitrogens is 2. The van der Waals surface area contributed by atoms with Crippen LogP contribution in [0.2, 0.25) is 0 Å². The molecule has 0 bridgehead atoms. The topological polar surface area (TPSA) is 49.8 Å². The van der Waals surface area contributed by atoms with Gasteiger partial charge in [-0.3, -0.25) is 0 Å². The summed E-state index contributed by atoms with van der Waals surface area (Å²) in [4.78, 5) is 0. The van der Waals surface area contributed by atoms with E-state index in [2.05, 4.69) is 34.7 Å². The van der Waals surface area contributed by atoms with Gasteiger partial charge in [0.1, 0.15) is 5.01 Å². The molecule has 1 saturated carbocycles. The molecule has 3 unspecified atom stereocenters. The maximum atomic E-state index is 4.35. The number of hydrogen-bond acceptors (Lipinski definition) is 5. The molecule has 2 heterocycles. The lowest BCUT2D eigenvalue weighted by molar-refractivity contribution is 0.286. The van der Waals surface area contributed by atoms with Crippen LogP contribution in [-0.4, -0.2) is 28.8 Å². The normalized spacial score (nSPS) is 30.0. The summed E-state index contributed by atoms with van der Waals surface area (Å²) in [5, 5.41) is 18.3. The molecule has 1 saturated heterocycles. The maximum absolute atomic E-state index is 4.35. The van der Waals surface area contributed by atoms with E-state index in [0.29, 0.717) is 18.0 Å². The zero-order valence-electron chi connectivity index (χ0n) is 13.3. The fourth-order valence-electron chi connectivity index (χ4n) is 3.80. The van der Waals surface area contributed by atoms with Gasteiger partial charge in [-0.15, -0.1) is 10.2 Å². The van der Waals surface area contributed by atoms with Gasteiger partial charge >= 0.3 is 0 Å². The van der Waals surface area contributed by atoms with E-state index in [-0.39, 0.29) is 0 Å². The highest BCUT2D eigenvalue weighted by molar-refractivity contribution is 7.15. The van der Waals surface area contributed by atoms with Crippen molar-refractivity contribution in [1.29, 1.82) is 0 Å². The minimum Gasteiger partial charge on any atom is -0.357 e. The van der Waals surface area contributed by atoms with Gasteiger partial charge in [-0.1, -0.05) is 38.0 Å². The van der Waals surface area contributed by atoms with Crippen LogP contribution in [0.5, 0.6) is 0 Å². The number of rotatable bonds is 5. The van der Waals surface area contributed by atoms with Gasteiger partial charge in [0, 0.05) is 18.5 Å². The summed E-state index contributed by atoms with van der Waals surface area (Å²) in [6.45, 7) is 5.66. The lowest BCUT2D eigenvalue weighted by Gasteiger charge is -2.32. The first-order valence-electron chi connectivity index (χ1n) is 8.54. The Morgan fingerprint density at radius 1 is 1.19 bits per heavy atom. The Labute approximate surface area is 132 Å². The van der Waals surface area contributed by atoms with E-state index in [9.17, 15) is 0 Å². The third-order valence-electron chi connectivity index (χ3n) is 4.79. The summed E-state index contributed by atoms with van der Waals surface area (Å²) in [7, 11) is 0. The van der Waals surface area contributed by atoms with Crippen LogP contribution in [0, 0.1) is 11.8 Å². The minimum absolute atomic E-state index is 0.584. The standard InChI is InChI=1S/C16H28N4S/c1-11(2)10-15-19-20-16(21-15)18-14-8-5-6-12(14)13-7-3-4-9-17-13/h11-14,17H,3-10H2,1-2H3,(H,18,20). The molecule has 0 spiro atoms. The summed E-state index contributed by atoms with van der Waals surface area (Å²) in [5.74, 6) is 1.42. The molecule has 4 nitrogen and oxygen atoms in total. The highest BCUT2D eigenvalue weighted by Crippen LogP contribution is 2.34. The van der Waals surface area contributed by atoms with Crippen LogP contribution in [0.4, 0.5) is 5.13 Å². The van der Waals surface area contributed by atoms with Gasteiger partial charge in [0.15, 0.2) is 0 Å². The predicted octanol–water partition coefficient (Wildman–Crippen LogP) is 3.46. The largest absolute Gasteiger partial charge is 0.357 e. The van der Waals surface area contributed by atoms with E-state index in [1.807, 2.05) is 0 Å². The zero-order chi connectivity index (χ0) is 14.7. The number of nitrogens with one attached hydrogen (secondary N) is 2. The summed E-state index contributed by atoms with van der Waals surface area (Å²) < 4.78 is 0. The van der Waals surface area contributed by atoms with E-state index in [4.69, 9.17) is 0 Å². The van der Waals surface area contributed by atoms with Crippen molar-refractivity contribution in [1.82, 2.24) is 15.5 Å². The van der Waals surface area contributed by atoms with Crippen LogP contribution in [0.25, 0.3) is 0 Å². The molecule has 0 aromatic carbocycles. The monoisotopic (exact) mass is 308 g/mol. The van der Waals surface area contributed by atoms with Crippen molar-refractivity contribution in [3.8, 4) is 0 Å². The van der Waals surface area contributed by atoms with Crippen LogP contribution < -0.4 is 10.6 Å². The van der Waals surface area contributed by atoms with Gasteiger partial charge < -0.3 is 10.6 Å². The average molecular weight is 308 g/mol. The first kappa shape index (κ1) is 15.2. The Hall–Kier alpha value is -0.680. The lowest BCUT2D eigenvalue weighted by Crippen LogP contribution is -2.44. The van der Waals surface area contributed by atoms with Crippen molar-refractivity contribution in [3.05, 3.63) is 5.01 Å². The molecule has 1 aliphatic heterocycles. The van der Waals surface area contributed by atoms with Crippen LogP contribution in [0.3, 0.4) is 0 Å². The second kappa shape index (κ2) is 7.05. The number of nitrogens with zero attached hydrogens (tertiary/aromatic N) is 2. The van der Waals surface area contributed by atoms with Gasteiger partial charge in [-0.25, -0.2) is 0 Å². The average Bonchev–Trinajstić information content (AvgIpc) is 3.09. The molecule has 3 atom stereocenters. The Morgan fingerprint density at radius 3 is 2.86 bits per heavy atom. The Balaban J connectivity index is 1.59. The van der Waals surface area contributed by atoms with Crippen molar-refractivity contribution in [3.63, 3.8) is 0 Å². The van der Waals surface area contributed by atoms with E-state index >= 15 is 0 Å². The molecule has 1 aliphatic carbocycles. The first-order valence-corrected chi connectivity index (χ1v) is 9.36. The van der Waals surface area contributed by atoms with E-state index in [1.54, 1.807) is 11.3 Å². The van der Waals surface area contributed by atoms with Crippen molar-refractivity contribution in [2.45, 2.75) is 70.9 Å². The van der Waals surface area contributed by atoms with Crippen LogP contribution in [0.1, 0.15) is 57.4 Å². The quantitative estimate of drug-likeness (QED) is 0.874. The van der Waals surface area contributed by atoms with Crippen molar-refractivity contribution < 1.29 is 0 Å². The molecule has 21 heavy (non-hydrogen) atoms. The minimum atomic E-state index is 0.584. The van der Waals surface area contributed by atoms with Gasteiger partial charge in [0.25, 0.3) is 0 Å². The number of anilines is 1. The van der Waals surface area contributed by atoms with Gasteiger partial charge in [0.05, 0.1) is 0 Å². The fourth-order valence-corrected chi connectivity index (χ4v) is 4.81. The molecule has 2 aliphatic rings. The second-order valence-electron chi connectivity index (χ2n) is 7.00. The summed E-state index contributed by atoms with van der Waals surface area (Å²) >= 11 is 1.74. The first-order chi connectivity index (χ1) is 10.2. The summed E-state index contributed by atoms with van der Waals surface area (Å²) in [6, 6.07) is 1.29. The summed E-state index contributed by atoms with van der Waals surface area (Å²) in [5.41, 5.74) is 0. The summed E-state index contributed by atoms with van der Waals surface area (Å²) in [6.07, 6.45) is 9.09. The fraction of sp³-hybridized carbons (Fsp3) is 0.875. The molecule has 0 radical (unpaired) electrons. The molecule has 2 N–H and O–H groups in total. The maximum Gasteiger partial charge on any atom is 0.205 e.